The van der Waals surface area contributed by atoms with Crippen LogP contribution in [0, 0.1) is 0 Å². The number of amides is 4. The molecule has 70 heavy (non-hydrogen) atoms. The number of hydrogen-bond donors (Lipinski definition) is 6. The van der Waals surface area contributed by atoms with Crippen LogP contribution in [0.4, 0.5) is 0 Å². The second kappa shape index (κ2) is 41.7. The van der Waals surface area contributed by atoms with Gasteiger partial charge in [-0.05, 0) is 59.9 Å². The fourth-order valence-electron chi connectivity index (χ4n) is 7.47. The summed E-state index contributed by atoms with van der Waals surface area (Å²) in [4.78, 5) is 71.2. The van der Waals surface area contributed by atoms with Crippen LogP contribution >= 0.6 is 31.9 Å². The average Bonchev–Trinajstić information content (AvgIpc) is 3.35. The molecular weight excluding hydrogens is 1030 g/mol. The van der Waals surface area contributed by atoms with Crippen LogP contribution in [0.5, 0.6) is 0 Å². The predicted molar refractivity (Wildman–Crippen MR) is 278 cm³/mol. The number of halogens is 2. The van der Waals surface area contributed by atoms with Crippen LogP contribution in [-0.2, 0) is 64.8 Å². The third-order valence-electron chi connectivity index (χ3n) is 11.4. The van der Waals surface area contributed by atoms with Gasteiger partial charge < -0.3 is 50.4 Å². The lowest BCUT2D eigenvalue weighted by Crippen LogP contribution is -2.41. The minimum absolute atomic E-state index is 0.0246. The van der Waals surface area contributed by atoms with E-state index < -0.39 is 18.0 Å². The van der Waals surface area contributed by atoms with Gasteiger partial charge in [-0.15, -0.1) is 0 Å². The maximum absolute atomic E-state index is 12.4. The lowest BCUT2D eigenvalue weighted by Gasteiger charge is -2.14. The minimum atomic E-state index is -1.18. The molecule has 2 aromatic rings. The zero-order valence-corrected chi connectivity index (χ0v) is 44.4. The molecule has 0 saturated heterocycles. The molecule has 0 aliphatic rings. The van der Waals surface area contributed by atoms with Crippen LogP contribution in [0.3, 0.4) is 0 Å². The van der Waals surface area contributed by atoms with Gasteiger partial charge in [0.25, 0.3) is 0 Å². The fourth-order valence-corrected chi connectivity index (χ4v) is 8.19. The predicted octanol–water partition coefficient (Wildman–Crippen LogP) is 8.17. The molecule has 0 aliphatic carbocycles. The van der Waals surface area contributed by atoms with Gasteiger partial charge in [0.05, 0.1) is 39.6 Å². The van der Waals surface area contributed by atoms with Gasteiger partial charge in [0.2, 0.25) is 23.6 Å². The van der Waals surface area contributed by atoms with Crippen LogP contribution in [0.2, 0.25) is 0 Å². The van der Waals surface area contributed by atoms with E-state index in [1.807, 2.05) is 0 Å². The Morgan fingerprint density at radius 3 is 1.47 bits per heavy atom. The van der Waals surface area contributed by atoms with Crippen molar-refractivity contribution in [3.05, 3.63) is 59.2 Å². The first-order valence-corrected chi connectivity index (χ1v) is 27.4. The highest BCUT2D eigenvalue weighted by Gasteiger charge is 2.21. The quantitative estimate of drug-likeness (QED) is 0.0273. The molecule has 4 amide bonds. The number of aliphatic carboxylic acids is 2. The van der Waals surface area contributed by atoms with Crippen molar-refractivity contribution in [2.24, 2.45) is 0 Å². The monoisotopic (exact) mass is 1110 g/mol. The summed E-state index contributed by atoms with van der Waals surface area (Å²) in [6, 6.07) is 13.9. The number of ether oxygens (including phenoxy) is 4. The van der Waals surface area contributed by atoms with Crippen LogP contribution in [0.1, 0.15) is 139 Å². The number of rotatable bonds is 45. The van der Waals surface area contributed by atoms with Gasteiger partial charge in [0, 0.05) is 49.6 Å². The number of carboxylic acid groups (broad SMARTS) is 2. The van der Waals surface area contributed by atoms with Gasteiger partial charge in [-0.2, -0.15) is 0 Å². The Morgan fingerprint density at radius 2 is 0.957 bits per heavy atom. The fraction of sp³-hybridized carbons (Fsp3) is 0.654. The number of carboxylic acids is 2. The summed E-state index contributed by atoms with van der Waals surface area (Å²) in [5, 5.41) is 30.6. The van der Waals surface area contributed by atoms with E-state index in [0.717, 1.165) is 62.0 Å². The van der Waals surface area contributed by atoms with Crippen LogP contribution in [0.25, 0.3) is 11.1 Å². The molecule has 18 heteroatoms. The summed E-state index contributed by atoms with van der Waals surface area (Å²) < 4.78 is 21.7. The van der Waals surface area contributed by atoms with Crippen molar-refractivity contribution in [1.29, 1.82) is 0 Å². The molecule has 0 fully saturated rings. The number of benzene rings is 2. The largest absolute Gasteiger partial charge is 0.481 e. The van der Waals surface area contributed by atoms with Crippen LogP contribution in [-0.4, -0.2) is 124 Å². The second-order valence-electron chi connectivity index (χ2n) is 17.3. The van der Waals surface area contributed by atoms with E-state index >= 15 is 0 Å². The summed E-state index contributed by atoms with van der Waals surface area (Å²) in [5.41, 5.74) is 6.04. The highest BCUT2D eigenvalue weighted by Crippen LogP contribution is 2.27. The van der Waals surface area contributed by atoms with E-state index in [1.54, 1.807) is 0 Å². The molecular formula is C52H80Br2N4O12. The van der Waals surface area contributed by atoms with Crippen molar-refractivity contribution in [2.45, 2.75) is 145 Å². The van der Waals surface area contributed by atoms with Crippen molar-refractivity contribution < 1.29 is 57.9 Å². The molecule has 0 heterocycles. The molecule has 394 valence electrons. The second-order valence-corrected chi connectivity index (χ2v) is 18.4. The number of unbranched alkanes of at least 4 members (excludes halogenated alkanes) is 13. The van der Waals surface area contributed by atoms with Crippen molar-refractivity contribution in [1.82, 2.24) is 21.3 Å². The molecule has 0 saturated carbocycles. The summed E-state index contributed by atoms with van der Waals surface area (Å²) in [7, 11) is 0. The summed E-state index contributed by atoms with van der Waals surface area (Å²) in [5.74, 6) is -3.07. The average molecular weight is 1110 g/mol. The van der Waals surface area contributed by atoms with E-state index in [1.165, 1.54) is 72.8 Å². The summed E-state index contributed by atoms with van der Waals surface area (Å²) in [6.45, 7) is 2.18. The molecule has 6 N–H and O–H groups in total. The maximum atomic E-state index is 12.4. The SMILES string of the molecule is O=C(O)CCCCCCCCCCCCCCCCC(=O)NC(CCC(=O)NCCOCCOCC(=O)NCCOCCOCC(=O)NCCCc1cc(CBr)ccc1-c1ccc(CBr)cc1)C(=O)O. The molecule has 16 nitrogen and oxygen atoms in total. The molecule has 1 unspecified atom stereocenters. The number of carbonyl (C=O) groups excluding carboxylic acids is 4. The van der Waals surface area contributed by atoms with Crippen molar-refractivity contribution >= 4 is 67.4 Å². The Labute approximate surface area is 432 Å². The van der Waals surface area contributed by atoms with E-state index in [2.05, 4.69) is 95.6 Å². The molecule has 1 atom stereocenters. The third-order valence-corrected chi connectivity index (χ3v) is 12.7. The first-order chi connectivity index (χ1) is 34.0. The van der Waals surface area contributed by atoms with Crippen molar-refractivity contribution in [3.63, 3.8) is 0 Å². The number of alkyl halides is 2. The molecule has 2 rings (SSSR count). The van der Waals surface area contributed by atoms with E-state index in [-0.39, 0.29) is 115 Å². The van der Waals surface area contributed by atoms with Gasteiger partial charge in [-0.1, -0.05) is 151 Å². The van der Waals surface area contributed by atoms with Gasteiger partial charge in [0.15, 0.2) is 0 Å². The topological polar surface area (TPSA) is 228 Å². The Bertz CT molecular complexity index is 1770. The highest BCUT2D eigenvalue weighted by molar-refractivity contribution is 9.08. The van der Waals surface area contributed by atoms with E-state index in [4.69, 9.17) is 24.1 Å². The molecule has 0 spiro atoms. The molecule has 0 bridgehead atoms. The first-order valence-electron chi connectivity index (χ1n) is 25.2. The lowest BCUT2D eigenvalue weighted by atomic mass is 9.94. The van der Waals surface area contributed by atoms with Gasteiger partial charge in [-0.3, -0.25) is 24.0 Å². The maximum Gasteiger partial charge on any atom is 0.326 e. The number of aryl methyl sites for hydroxylation is 1. The number of hydrogen-bond acceptors (Lipinski definition) is 10. The Kier molecular flexibility index (Phi) is 37.0. The minimum Gasteiger partial charge on any atom is -0.481 e. The zero-order chi connectivity index (χ0) is 50.9. The smallest absolute Gasteiger partial charge is 0.326 e. The lowest BCUT2D eigenvalue weighted by molar-refractivity contribution is -0.142. The van der Waals surface area contributed by atoms with Gasteiger partial charge in [-0.25, -0.2) is 4.79 Å². The summed E-state index contributed by atoms with van der Waals surface area (Å²) in [6.07, 6.45) is 17.1. The van der Waals surface area contributed by atoms with Crippen molar-refractivity contribution in [2.75, 3.05) is 72.5 Å². The molecule has 0 radical (unpaired) electrons. The van der Waals surface area contributed by atoms with Crippen LogP contribution in [0.15, 0.2) is 42.5 Å². The third kappa shape index (κ3) is 32.9. The highest BCUT2D eigenvalue weighted by atomic mass is 79.9. The standard InChI is InChI=1S/C52H80Br2N4O12/c53-37-41-19-22-43(23-20-41)45-24-21-42(38-54)36-44(45)16-15-27-55-49(61)39-69-34-33-68-31-29-57-50(62)40-70-35-32-67-30-28-56-47(59)26-25-46(52(65)66)58-48(60)17-13-11-9-7-5-3-1-2-4-6-8-10-12-14-18-51(63)64/h19-24,36,46H,1-18,25-35,37-40H2,(H,55,61)(H,56,59)(H,57,62)(H,58,60)(H,63,64)(H,65,66). The van der Waals surface area contributed by atoms with Gasteiger partial charge in [0.1, 0.15) is 19.3 Å². The zero-order valence-electron chi connectivity index (χ0n) is 41.2. The van der Waals surface area contributed by atoms with E-state index in [9.17, 15) is 33.9 Å². The Morgan fingerprint density at radius 1 is 0.486 bits per heavy atom. The Hall–Kier alpha value is -3.94. The molecule has 0 aliphatic heterocycles. The van der Waals surface area contributed by atoms with Crippen LogP contribution < -0.4 is 21.3 Å². The number of nitrogens with one attached hydrogen (secondary N) is 4. The summed E-state index contributed by atoms with van der Waals surface area (Å²) >= 11 is 7.06. The number of carbonyl (C=O) groups is 6. The molecule has 2 aromatic carbocycles. The Balaban J connectivity index is 1.37. The normalized spacial score (nSPS) is 11.5. The van der Waals surface area contributed by atoms with Gasteiger partial charge >= 0.3 is 11.9 Å². The first kappa shape index (κ1) is 62.2. The molecule has 0 aromatic heterocycles. The van der Waals surface area contributed by atoms with E-state index in [0.29, 0.717) is 13.0 Å². The van der Waals surface area contributed by atoms with Crippen molar-refractivity contribution in [3.8, 4) is 11.1 Å².